The van der Waals surface area contributed by atoms with Gasteiger partial charge in [0.1, 0.15) is 0 Å². The molecule has 0 aromatic carbocycles. The summed E-state index contributed by atoms with van der Waals surface area (Å²) >= 11 is 0. The summed E-state index contributed by atoms with van der Waals surface area (Å²) in [5, 5.41) is 3.34. The molecule has 15 heavy (non-hydrogen) atoms. The highest BCUT2D eigenvalue weighted by Gasteiger charge is 2.25. The van der Waals surface area contributed by atoms with Crippen LogP contribution in [-0.2, 0) is 0 Å². The average Bonchev–Trinajstić information content (AvgIpc) is 2.12. The molecule has 92 valence electrons. The molecule has 0 aliphatic heterocycles. The summed E-state index contributed by atoms with van der Waals surface area (Å²) in [4.78, 5) is 4.64. The second-order valence-electron chi connectivity index (χ2n) is 5.54. The molecule has 0 heterocycles. The molecule has 1 atom stereocenters. The van der Waals surface area contributed by atoms with Crippen molar-refractivity contribution < 1.29 is 0 Å². The molecule has 3 heteroatoms. The number of hydrogen-bond acceptors (Lipinski definition) is 3. The molecule has 0 saturated heterocycles. The van der Waals surface area contributed by atoms with Gasteiger partial charge in [0.25, 0.3) is 0 Å². The van der Waals surface area contributed by atoms with Gasteiger partial charge in [-0.05, 0) is 40.5 Å². The van der Waals surface area contributed by atoms with Gasteiger partial charge >= 0.3 is 0 Å². The zero-order chi connectivity index (χ0) is 12.1. The molecule has 0 aliphatic rings. The predicted octanol–water partition coefficient (Wildman–Crippen LogP) is 1.11. The fraction of sp³-hybridized carbons (Fsp3) is 1.00. The summed E-state index contributed by atoms with van der Waals surface area (Å²) in [5.74, 6) is 0. The molecule has 3 nitrogen and oxygen atoms in total. The van der Waals surface area contributed by atoms with E-state index in [1.165, 1.54) is 0 Å². The molecule has 0 amide bonds. The number of hydrogen-bond donors (Lipinski definition) is 1. The predicted molar refractivity (Wildman–Crippen MR) is 68.4 cm³/mol. The minimum atomic E-state index is 0.315. The third kappa shape index (κ3) is 6.13. The molecule has 0 bridgehead atoms. The summed E-state index contributed by atoms with van der Waals surface area (Å²) in [7, 11) is 8.48. The zero-order valence-electron chi connectivity index (χ0n) is 11.6. The van der Waals surface area contributed by atoms with E-state index in [4.69, 9.17) is 0 Å². The molecular formula is C12H29N3. The maximum Gasteiger partial charge on any atom is 0.0106 e. The molecule has 0 radical (unpaired) electrons. The Hall–Kier alpha value is -0.120. The molecule has 0 fully saturated rings. The molecular weight excluding hydrogens is 186 g/mol. The third-order valence-electron chi connectivity index (χ3n) is 3.21. The molecule has 0 rings (SSSR count). The van der Waals surface area contributed by atoms with E-state index in [9.17, 15) is 0 Å². The highest BCUT2D eigenvalue weighted by atomic mass is 15.2. The largest absolute Gasteiger partial charge is 0.317 e. The van der Waals surface area contributed by atoms with Crippen molar-refractivity contribution in [2.75, 3.05) is 47.8 Å². The fourth-order valence-corrected chi connectivity index (χ4v) is 1.67. The number of rotatable bonds is 7. The second-order valence-corrected chi connectivity index (χ2v) is 5.54. The number of nitrogens with zero attached hydrogens (tertiary/aromatic N) is 2. The van der Waals surface area contributed by atoms with E-state index in [1.54, 1.807) is 0 Å². The SMILES string of the molecule is CNC(C)C(C)(C)CN(C)CCN(C)C. The average molecular weight is 215 g/mol. The van der Waals surface area contributed by atoms with Crippen LogP contribution in [0.4, 0.5) is 0 Å². The van der Waals surface area contributed by atoms with E-state index in [0.29, 0.717) is 11.5 Å². The van der Waals surface area contributed by atoms with Crippen LogP contribution in [0.15, 0.2) is 0 Å². The monoisotopic (exact) mass is 215 g/mol. The molecule has 0 spiro atoms. The van der Waals surface area contributed by atoms with E-state index >= 15 is 0 Å². The maximum atomic E-state index is 3.34. The Morgan fingerprint density at radius 2 is 1.67 bits per heavy atom. The Labute approximate surface area is 95.8 Å². The minimum Gasteiger partial charge on any atom is -0.317 e. The lowest BCUT2D eigenvalue weighted by Gasteiger charge is -2.35. The highest BCUT2D eigenvalue weighted by Crippen LogP contribution is 2.21. The summed E-state index contributed by atoms with van der Waals surface area (Å²) in [5.41, 5.74) is 0.315. The van der Waals surface area contributed by atoms with Crippen LogP contribution in [0.5, 0.6) is 0 Å². The van der Waals surface area contributed by atoms with Gasteiger partial charge in [0.15, 0.2) is 0 Å². The van der Waals surface area contributed by atoms with Crippen LogP contribution >= 0.6 is 0 Å². The van der Waals surface area contributed by atoms with E-state index < -0.39 is 0 Å². The maximum absolute atomic E-state index is 3.34. The Kier molecular flexibility index (Phi) is 6.41. The van der Waals surface area contributed by atoms with Gasteiger partial charge in [-0.15, -0.1) is 0 Å². The van der Waals surface area contributed by atoms with Crippen LogP contribution < -0.4 is 5.32 Å². The first-order valence-electron chi connectivity index (χ1n) is 5.80. The summed E-state index contributed by atoms with van der Waals surface area (Å²) in [6.45, 7) is 10.3. The summed E-state index contributed by atoms with van der Waals surface area (Å²) in [6, 6.07) is 0.541. The van der Waals surface area contributed by atoms with Crippen molar-refractivity contribution in [1.82, 2.24) is 15.1 Å². The van der Waals surface area contributed by atoms with Crippen molar-refractivity contribution in [1.29, 1.82) is 0 Å². The number of likely N-dealkylation sites (N-methyl/N-ethyl adjacent to an activating group) is 2. The summed E-state index contributed by atoms with van der Waals surface area (Å²) in [6.07, 6.45) is 0. The second kappa shape index (κ2) is 6.46. The Morgan fingerprint density at radius 1 is 1.13 bits per heavy atom. The van der Waals surface area contributed by atoms with Gasteiger partial charge in [0.05, 0.1) is 0 Å². The Bertz CT molecular complexity index is 166. The minimum absolute atomic E-state index is 0.315. The first-order valence-corrected chi connectivity index (χ1v) is 5.80. The van der Waals surface area contributed by atoms with Crippen LogP contribution in [0.25, 0.3) is 0 Å². The van der Waals surface area contributed by atoms with Crippen LogP contribution in [0, 0.1) is 5.41 Å². The van der Waals surface area contributed by atoms with Gasteiger partial charge in [-0.1, -0.05) is 13.8 Å². The first-order chi connectivity index (χ1) is 6.79. The molecule has 1 unspecified atom stereocenters. The van der Waals surface area contributed by atoms with Crippen molar-refractivity contribution in [3.8, 4) is 0 Å². The fourth-order valence-electron chi connectivity index (χ4n) is 1.67. The molecule has 0 aromatic heterocycles. The van der Waals surface area contributed by atoms with Crippen molar-refractivity contribution in [2.45, 2.75) is 26.8 Å². The zero-order valence-corrected chi connectivity index (χ0v) is 11.6. The summed E-state index contributed by atoms with van der Waals surface area (Å²) < 4.78 is 0. The van der Waals surface area contributed by atoms with Crippen molar-refractivity contribution in [3.05, 3.63) is 0 Å². The lowest BCUT2D eigenvalue weighted by Crippen LogP contribution is -2.45. The molecule has 1 N–H and O–H groups in total. The van der Waals surface area contributed by atoms with Gasteiger partial charge in [0, 0.05) is 25.7 Å². The smallest absolute Gasteiger partial charge is 0.0106 e. The molecule has 0 aliphatic carbocycles. The lowest BCUT2D eigenvalue weighted by molar-refractivity contribution is 0.160. The lowest BCUT2D eigenvalue weighted by atomic mass is 9.85. The van der Waals surface area contributed by atoms with Crippen molar-refractivity contribution in [2.24, 2.45) is 5.41 Å². The normalized spacial score (nSPS) is 15.0. The standard InChI is InChI=1S/C12H29N3/c1-11(13-4)12(2,3)10-15(7)9-8-14(5)6/h11,13H,8-10H2,1-7H3. The molecule has 0 aromatic rings. The van der Waals surface area contributed by atoms with Gasteiger partial charge < -0.3 is 15.1 Å². The van der Waals surface area contributed by atoms with E-state index in [-0.39, 0.29) is 0 Å². The topological polar surface area (TPSA) is 18.5 Å². The van der Waals surface area contributed by atoms with Gasteiger partial charge in [0.2, 0.25) is 0 Å². The Morgan fingerprint density at radius 3 is 2.07 bits per heavy atom. The quantitative estimate of drug-likeness (QED) is 0.686. The van der Waals surface area contributed by atoms with E-state index in [0.717, 1.165) is 19.6 Å². The van der Waals surface area contributed by atoms with Crippen molar-refractivity contribution >= 4 is 0 Å². The van der Waals surface area contributed by atoms with E-state index in [1.807, 2.05) is 7.05 Å². The van der Waals surface area contributed by atoms with Crippen LogP contribution in [0.1, 0.15) is 20.8 Å². The van der Waals surface area contributed by atoms with Crippen LogP contribution in [0.2, 0.25) is 0 Å². The molecule has 0 saturated carbocycles. The van der Waals surface area contributed by atoms with E-state index in [2.05, 4.69) is 57.0 Å². The van der Waals surface area contributed by atoms with Gasteiger partial charge in [-0.2, -0.15) is 0 Å². The van der Waals surface area contributed by atoms with Crippen molar-refractivity contribution in [3.63, 3.8) is 0 Å². The van der Waals surface area contributed by atoms with Gasteiger partial charge in [-0.25, -0.2) is 0 Å². The van der Waals surface area contributed by atoms with Crippen LogP contribution in [-0.4, -0.2) is 63.7 Å². The Balaban J connectivity index is 3.98. The number of nitrogens with one attached hydrogen (secondary N) is 1. The highest BCUT2D eigenvalue weighted by molar-refractivity contribution is 4.82. The third-order valence-corrected chi connectivity index (χ3v) is 3.21. The van der Waals surface area contributed by atoms with Gasteiger partial charge in [-0.3, -0.25) is 0 Å². The van der Waals surface area contributed by atoms with Crippen LogP contribution in [0.3, 0.4) is 0 Å². The first kappa shape index (κ1) is 14.9.